The highest BCUT2D eigenvalue weighted by Crippen LogP contribution is 2.13. The highest BCUT2D eigenvalue weighted by atomic mass is 15.1. The topological polar surface area (TPSA) is 28.2 Å². The van der Waals surface area contributed by atoms with Crippen molar-refractivity contribution < 1.29 is 0 Å². The van der Waals surface area contributed by atoms with E-state index in [-0.39, 0.29) is 0 Å². The number of hydrogen-bond acceptors (Lipinski definition) is 3. The maximum Gasteiger partial charge on any atom is 0.0270 e. The second kappa shape index (κ2) is 8.23. The predicted molar refractivity (Wildman–Crippen MR) is 95.4 cm³/mol. The van der Waals surface area contributed by atoms with E-state index in [1.807, 2.05) is 12.4 Å². The predicted octanol–water partition coefficient (Wildman–Crippen LogP) is 3.19. The van der Waals surface area contributed by atoms with Crippen molar-refractivity contribution in [2.45, 2.75) is 38.8 Å². The maximum atomic E-state index is 4.08. The van der Waals surface area contributed by atoms with Gasteiger partial charge in [-0.25, -0.2) is 0 Å². The molecule has 1 aromatic heterocycles. The van der Waals surface area contributed by atoms with Gasteiger partial charge in [0.05, 0.1) is 0 Å². The molecule has 1 N–H and O–H groups in total. The van der Waals surface area contributed by atoms with Crippen LogP contribution in [0, 0.1) is 6.92 Å². The molecule has 0 atom stereocenters. The number of aryl methyl sites for hydroxylation is 1. The molecule has 3 nitrogen and oxygen atoms in total. The van der Waals surface area contributed by atoms with E-state index < -0.39 is 0 Å². The van der Waals surface area contributed by atoms with E-state index >= 15 is 0 Å². The monoisotopic (exact) mass is 309 g/mol. The van der Waals surface area contributed by atoms with Crippen LogP contribution < -0.4 is 5.32 Å². The molecule has 23 heavy (non-hydrogen) atoms. The molecule has 0 amide bonds. The zero-order valence-corrected chi connectivity index (χ0v) is 14.0. The minimum atomic E-state index is 0.659. The highest BCUT2D eigenvalue weighted by Gasteiger charge is 2.18. The minimum absolute atomic E-state index is 0.659. The Morgan fingerprint density at radius 1 is 1.09 bits per heavy atom. The summed E-state index contributed by atoms with van der Waals surface area (Å²) < 4.78 is 0. The van der Waals surface area contributed by atoms with Crippen LogP contribution in [0.25, 0.3) is 0 Å². The number of pyridine rings is 1. The summed E-state index contributed by atoms with van der Waals surface area (Å²) in [4.78, 5) is 6.67. The second-order valence-corrected chi connectivity index (χ2v) is 6.53. The molecule has 2 aromatic rings. The quantitative estimate of drug-likeness (QED) is 0.888. The molecule has 1 aliphatic heterocycles. The van der Waals surface area contributed by atoms with Crippen LogP contribution in [0.4, 0.5) is 0 Å². The van der Waals surface area contributed by atoms with E-state index in [2.05, 4.69) is 58.5 Å². The van der Waals surface area contributed by atoms with Crippen LogP contribution in [0.1, 0.15) is 29.5 Å². The number of hydrogen-bond donors (Lipinski definition) is 1. The van der Waals surface area contributed by atoms with Crippen molar-refractivity contribution in [3.63, 3.8) is 0 Å². The van der Waals surface area contributed by atoms with E-state index in [0.29, 0.717) is 6.04 Å². The molecule has 1 aromatic carbocycles. The smallest absolute Gasteiger partial charge is 0.0270 e. The Morgan fingerprint density at radius 3 is 2.57 bits per heavy atom. The first-order chi connectivity index (χ1) is 11.3. The number of nitrogens with zero attached hydrogens (tertiary/aromatic N) is 2. The molecule has 1 fully saturated rings. The van der Waals surface area contributed by atoms with Crippen molar-refractivity contribution in [2.24, 2.45) is 0 Å². The number of nitrogens with one attached hydrogen (secondary N) is 1. The SMILES string of the molecule is Cc1ccccc1CNC1CCN(CCc2ccncc2)CC1. The van der Waals surface area contributed by atoms with Crippen molar-refractivity contribution in [2.75, 3.05) is 19.6 Å². The number of piperidine rings is 1. The number of aromatic nitrogens is 1. The lowest BCUT2D eigenvalue weighted by molar-refractivity contribution is 0.199. The zero-order valence-electron chi connectivity index (χ0n) is 14.0. The Hall–Kier alpha value is -1.71. The van der Waals surface area contributed by atoms with Crippen molar-refractivity contribution in [1.29, 1.82) is 0 Å². The van der Waals surface area contributed by atoms with E-state index in [9.17, 15) is 0 Å². The average molecular weight is 309 g/mol. The van der Waals surface area contributed by atoms with Crippen LogP contribution in [0.5, 0.6) is 0 Å². The van der Waals surface area contributed by atoms with Crippen LogP contribution in [0.2, 0.25) is 0 Å². The first-order valence-electron chi connectivity index (χ1n) is 8.70. The van der Waals surface area contributed by atoms with Gasteiger partial charge in [-0.2, -0.15) is 0 Å². The summed E-state index contributed by atoms with van der Waals surface area (Å²) in [6.45, 7) is 6.76. The third kappa shape index (κ3) is 4.88. The summed E-state index contributed by atoms with van der Waals surface area (Å²) in [5, 5.41) is 3.74. The van der Waals surface area contributed by atoms with Gasteiger partial charge in [0, 0.05) is 31.5 Å². The normalized spacial score (nSPS) is 16.6. The van der Waals surface area contributed by atoms with E-state index in [1.54, 1.807) is 0 Å². The molecule has 0 radical (unpaired) electrons. The molecular formula is C20H27N3. The Morgan fingerprint density at radius 2 is 1.83 bits per heavy atom. The van der Waals surface area contributed by atoms with Gasteiger partial charge in [0.25, 0.3) is 0 Å². The summed E-state index contributed by atoms with van der Waals surface area (Å²) in [5.41, 5.74) is 4.20. The lowest BCUT2D eigenvalue weighted by Crippen LogP contribution is -2.42. The van der Waals surface area contributed by atoms with Gasteiger partial charge in [-0.1, -0.05) is 24.3 Å². The average Bonchev–Trinajstić information content (AvgIpc) is 2.61. The second-order valence-electron chi connectivity index (χ2n) is 6.53. The van der Waals surface area contributed by atoms with Crippen molar-refractivity contribution in [3.8, 4) is 0 Å². The zero-order chi connectivity index (χ0) is 15.9. The Kier molecular flexibility index (Phi) is 5.78. The highest BCUT2D eigenvalue weighted by molar-refractivity contribution is 5.25. The standard InChI is InChI=1S/C20H27N3/c1-17-4-2-3-5-19(17)16-22-20-9-14-23(15-10-20)13-8-18-6-11-21-12-7-18/h2-7,11-12,20,22H,8-10,13-16H2,1H3. The Balaban J connectivity index is 1.38. The number of likely N-dealkylation sites (tertiary alicyclic amines) is 1. The van der Waals surface area contributed by atoms with Gasteiger partial charge in [-0.15, -0.1) is 0 Å². The Labute approximate surface area is 139 Å². The van der Waals surface area contributed by atoms with Crippen LogP contribution in [-0.4, -0.2) is 35.6 Å². The summed E-state index contributed by atoms with van der Waals surface area (Å²) in [5.74, 6) is 0. The van der Waals surface area contributed by atoms with Gasteiger partial charge >= 0.3 is 0 Å². The minimum Gasteiger partial charge on any atom is -0.310 e. The van der Waals surface area contributed by atoms with Gasteiger partial charge in [0.2, 0.25) is 0 Å². The fourth-order valence-electron chi connectivity index (χ4n) is 3.26. The molecule has 1 saturated heterocycles. The summed E-state index contributed by atoms with van der Waals surface area (Å²) in [6.07, 6.45) is 7.41. The lowest BCUT2D eigenvalue weighted by atomic mass is 10.0. The number of benzene rings is 1. The van der Waals surface area contributed by atoms with Crippen LogP contribution in [0.15, 0.2) is 48.8 Å². The maximum absolute atomic E-state index is 4.08. The molecule has 2 heterocycles. The van der Waals surface area contributed by atoms with E-state index in [0.717, 1.165) is 19.5 Å². The van der Waals surface area contributed by atoms with Crippen LogP contribution in [0.3, 0.4) is 0 Å². The first-order valence-corrected chi connectivity index (χ1v) is 8.70. The molecule has 0 saturated carbocycles. The van der Waals surface area contributed by atoms with Crippen molar-refractivity contribution >= 4 is 0 Å². The fourth-order valence-corrected chi connectivity index (χ4v) is 3.26. The summed E-state index contributed by atoms with van der Waals surface area (Å²) in [6, 6.07) is 13.6. The summed E-state index contributed by atoms with van der Waals surface area (Å²) in [7, 11) is 0. The molecule has 0 aliphatic carbocycles. The molecule has 1 aliphatic rings. The number of rotatable bonds is 6. The third-order valence-electron chi connectivity index (χ3n) is 4.90. The van der Waals surface area contributed by atoms with E-state index in [4.69, 9.17) is 0 Å². The van der Waals surface area contributed by atoms with Crippen LogP contribution >= 0.6 is 0 Å². The van der Waals surface area contributed by atoms with Gasteiger partial charge in [0.1, 0.15) is 0 Å². The van der Waals surface area contributed by atoms with Crippen molar-refractivity contribution in [3.05, 3.63) is 65.5 Å². The molecule has 0 unspecified atom stereocenters. The Bertz CT molecular complexity index is 589. The molecule has 122 valence electrons. The molecular weight excluding hydrogens is 282 g/mol. The summed E-state index contributed by atoms with van der Waals surface area (Å²) >= 11 is 0. The molecule has 3 rings (SSSR count). The molecule has 0 bridgehead atoms. The van der Waals surface area contributed by atoms with Gasteiger partial charge < -0.3 is 10.2 Å². The third-order valence-corrected chi connectivity index (χ3v) is 4.90. The van der Waals surface area contributed by atoms with Gasteiger partial charge in [0.15, 0.2) is 0 Å². The molecule has 3 heteroatoms. The first kappa shape index (κ1) is 16.2. The van der Waals surface area contributed by atoms with E-state index in [1.165, 1.54) is 42.6 Å². The van der Waals surface area contributed by atoms with Crippen LogP contribution in [-0.2, 0) is 13.0 Å². The van der Waals surface area contributed by atoms with Gasteiger partial charge in [-0.3, -0.25) is 4.98 Å². The fraction of sp³-hybridized carbons (Fsp3) is 0.450. The van der Waals surface area contributed by atoms with Crippen molar-refractivity contribution in [1.82, 2.24) is 15.2 Å². The molecule has 0 spiro atoms. The largest absolute Gasteiger partial charge is 0.310 e. The lowest BCUT2D eigenvalue weighted by Gasteiger charge is -2.32. The van der Waals surface area contributed by atoms with Gasteiger partial charge in [-0.05, 0) is 68.1 Å².